The molecule has 7 heteroatoms. The van der Waals surface area contributed by atoms with Gasteiger partial charge < -0.3 is 19.7 Å². The largest absolute Gasteiger partial charge is 0.461 e. The van der Waals surface area contributed by atoms with Gasteiger partial charge in [0.15, 0.2) is 0 Å². The summed E-state index contributed by atoms with van der Waals surface area (Å²) in [4.78, 5) is 35.2. The summed E-state index contributed by atoms with van der Waals surface area (Å²) in [6, 6.07) is 0. The normalized spacial score (nSPS) is 33.5. The molecule has 7 nitrogen and oxygen atoms in total. The Morgan fingerprint density at radius 2 is 2.00 bits per heavy atom. The molecule has 0 saturated carbocycles. The summed E-state index contributed by atoms with van der Waals surface area (Å²) in [6.45, 7) is 4.19. The van der Waals surface area contributed by atoms with Crippen LogP contribution < -0.4 is 0 Å². The first-order valence-corrected chi connectivity index (χ1v) is 7.85. The Labute approximate surface area is 139 Å². The van der Waals surface area contributed by atoms with Crippen LogP contribution in [0.4, 0.5) is 0 Å². The maximum absolute atomic E-state index is 12.1. The van der Waals surface area contributed by atoms with Crippen LogP contribution in [0.2, 0.25) is 0 Å². The minimum Gasteiger partial charge on any atom is -0.461 e. The Morgan fingerprint density at radius 1 is 1.33 bits per heavy atom. The fraction of sp³-hybridized carbons (Fsp3) is 0.588. The Balaban J connectivity index is 2.47. The lowest BCUT2D eigenvalue weighted by molar-refractivity contribution is -0.142. The van der Waals surface area contributed by atoms with Crippen molar-refractivity contribution in [3.05, 3.63) is 22.8 Å². The van der Waals surface area contributed by atoms with E-state index in [1.807, 2.05) is 0 Å². The molecule has 0 amide bonds. The number of carbonyl (C=O) groups is 3. The monoisotopic (exact) mass is 338 g/mol. The molecule has 0 saturated heterocycles. The highest BCUT2D eigenvalue weighted by atomic mass is 16.6. The maximum Gasteiger partial charge on any atom is 0.338 e. The van der Waals surface area contributed by atoms with E-state index in [1.54, 1.807) is 13.0 Å². The molecule has 4 atom stereocenters. The summed E-state index contributed by atoms with van der Waals surface area (Å²) in [6.07, 6.45) is -1.31. The topological polar surface area (TPSA) is 110 Å². The van der Waals surface area contributed by atoms with Gasteiger partial charge in [-0.1, -0.05) is 12.5 Å². The Kier molecular flexibility index (Phi) is 5.56. The van der Waals surface area contributed by atoms with Crippen LogP contribution in [0.1, 0.15) is 33.6 Å². The molecule has 0 radical (unpaired) electrons. The zero-order valence-electron chi connectivity index (χ0n) is 13.9. The summed E-state index contributed by atoms with van der Waals surface area (Å²) >= 11 is 0. The SMILES string of the molecule is CC(=O)OCC1=C2[C@@H](O)[C@H](O)[C@H](C)C(=O)CC/C(C)=C/[C@H]2OC1=O. The van der Waals surface area contributed by atoms with E-state index in [0.29, 0.717) is 6.42 Å². The number of rotatable bonds is 2. The first-order chi connectivity index (χ1) is 11.2. The molecule has 0 spiro atoms. The van der Waals surface area contributed by atoms with Crippen molar-refractivity contribution in [2.75, 3.05) is 6.61 Å². The molecule has 0 aromatic rings. The van der Waals surface area contributed by atoms with E-state index < -0.39 is 36.2 Å². The van der Waals surface area contributed by atoms with Gasteiger partial charge in [0.2, 0.25) is 0 Å². The summed E-state index contributed by atoms with van der Waals surface area (Å²) in [5.74, 6) is -2.24. The average Bonchev–Trinajstić information content (AvgIpc) is 2.82. The minimum atomic E-state index is -1.46. The third-order valence-corrected chi connectivity index (χ3v) is 4.42. The van der Waals surface area contributed by atoms with E-state index in [-0.39, 0.29) is 30.0 Å². The molecular weight excluding hydrogens is 316 g/mol. The van der Waals surface area contributed by atoms with E-state index in [2.05, 4.69) is 0 Å². The van der Waals surface area contributed by atoms with Gasteiger partial charge in [-0.15, -0.1) is 0 Å². The zero-order valence-corrected chi connectivity index (χ0v) is 13.9. The predicted octanol–water partition coefficient (Wildman–Crippen LogP) is 0.439. The molecule has 1 heterocycles. The Morgan fingerprint density at radius 3 is 2.62 bits per heavy atom. The van der Waals surface area contributed by atoms with Gasteiger partial charge in [0.05, 0.1) is 11.7 Å². The number of hydrogen-bond acceptors (Lipinski definition) is 7. The fourth-order valence-corrected chi connectivity index (χ4v) is 2.86. The standard InChI is InChI=1S/C17H22O7/c1-8-4-5-12(19)9(2)15(20)16(21)14-11(7-23-10(3)18)17(22)24-13(14)6-8/h6,9,13,15-16,20-21H,4-5,7H2,1-3H3/b8-6+/t9-,13-,15-,16-/m1/s1. The number of ketones is 1. The van der Waals surface area contributed by atoms with Crippen molar-refractivity contribution in [2.24, 2.45) is 5.92 Å². The second kappa shape index (κ2) is 7.27. The van der Waals surface area contributed by atoms with Crippen molar-refractivity contribution in [1.82, 2.24) is 0 Å². The fourth-order valence-electron chi connectivity index (χ4n) is 2.86. The van der Waals surface area contributed by atoms with Gasteiger partial charge in [-0.3, -0.25) is 9.59 Å². The van der Waals surface area contributed by atoms with E-state index >= 15 is 0 Å². The molecule has 1 aliphatic heterocycles. The van der Waals surface area contributed by atoms with Gasteiger partial charge in [-0.05, 0) is 19.4 Å². The van der Waals surface area contributed by atoms with E-state index in [0.717, 1.165) is 5.57 Å². The van der Waals surface area contributed by atoms with Crippen molar-refractivity contribution in [3.8, 4) is 0 Å². The molecule has 0 bridgehead atoms. The summed E-state index contributed by atoms with van der Waals surface area (Å²) < 4.78 is 10.1. The molecule has 0 aromatic carbocycles. The minimum absolute atomic E-state index is 0.00558. The summed E-state index contributed by atoms with van der Waals surface area (Å²) in [5, 5.41) is 20.9. The third-order valence-electron chi connectivity index (χ3n) is 4.42. The smallest absolute Gasteiger partial charge is 0.338 e. The number of carbonyl (C=O) groups excluding carboxylic acids is 3. The molecule has 24 heavy (non-hydrogen) atoms. The quantitative estimate of drug-likeness (QED) is 0.555. The number of aliphatic hydroxyl groups is 2. The molecule has 2 N–H and O–H groups in total. The van der Waals surface area contributed by atoms with E-state index in [1.165, 1.54) is 13.8 Å². The second-order valence-corrected chi connectivity index (χ2v) is 6.24. The highest BCUT2D eigenvalue weighted by Crippen LogP contribution is 2.32. The van der Waals surface area contributed by atoms with Crippen molar-refractivity contribution in [3.63, 3.8) is 0 Å². The lowest BCUT2D eigenvalue weighted by Gasteiger charge is -2.27. The number of ether oxygens (including phenoxy) is 2. The van der Waals surface area contributed by atoms with Gasteiger partial charge in [-0.25, -0.2) is 4.79 Å². The number of aliphatic hydroxyl groups excluding tert-OH is 2. The maximum atomic E-state index is 12.1. The van der Waals surface area contributed by atoms with Gasteiger partial charge in [0.25, 0.3) is 0 Å². The number of hydrogen-bond donors (Lipinski definition) is 2. The van der Waals surface area contributed by atoms with Crippen LogP contribution in [-0.2, 0) is 23.9 Å². The van der Waals surface area contributed by atoms with Crippen molar-refractivity contribution in [2.45, 2.75) is 51.9 Å². The number of allylic oxidation sites excluding steroid dienone is 1. The van der Waals surface area contributed by atoms with E-state index in [4.69, 9.17) is 9.47 Å². The lowest BCUT2D eigenvalue weighted by atomic mass is 9.84. The lowest BCUT2D eigenvalue weighted by Crippen LogP contribution is -2.40. The molecule has 2 aliphatic rings. The molecule has 1 aliphatic carbocycles. The van der Waals surface area contributed by atoms with Crippen molar-refractivity contribution < 1.29 is 34.1 Å². The number of esters is 2. The molecular formula is C17H22O7. The van der Waals surface area contributed by atoms with Gasteiger partial charge in [0, 0.05) is 24.8 Å². The van der Waals surface area contributed by atoms with Crippen molar-refractivity contribution in [1.29, 1.82) is 0 Å². The molecule has 132 valence electrons. The number of fused-ring (bicyclic) bond motifs is 1. The molecule has 0 unspecified atom stereocenters. The first kappa shape index (κ1) is 18.4. The van der Waals surface area contributed by atoms with Gasteiger partial charge in [0.1, 0.15) is 24.6 Å². The van der Waals surface area contributed by atoms with Crippen LogP contribution >= 0.6 is 0 Å². The highest BCUT2D eigenvalue weighted by molar-refractivity contribution is 5.93. The van der Waals surface area contributed by atoms with Gasteiger partial charge in [-0.2, -0.15) is 0 Å². The molecule has 0 aromatic heterocycles. The second-order valence-electron chi connectivity index (χ2n) is 6.24. The van der Waals surface area contributed by atoms with Gasteiger partial charge >= 0.3 is 11.9 Å². The molecule has 2 rings (SSSR count). The predicted molar refractivity (Wildman–Crippen MR) is 82.7 cm³/mol. The van der Waals surface area contributed by atoms with Crippen LogP contribution in [0.3, 0.4) is 0 Å². The first-order valence-electron chi connectivity index (χ1n) is 7.85. The summed E-state index contributed by atoms with van der Waals surface area (Å²) in [5.41, 5.74) is 0.990. The zero-order chi connectivity index (χ0) is 18.0. The third kappa shape index (κ3) is 3.73. The van der Waals surface area contributed by atoms with E-state index in [9.17, 15) is 24.6 Å². The van der Waals surface area contributed by atoms with Crippen molar-refractivity contribution >= 4 is 17.7 Å². The van der Waals surface area contributed by atoms with Crippen LogP contribution in [0.15, 0.2) is 22.8 Å². The van der Waals surface area contributed by atoms with Crippen LogP contribution in [0.5, 0.6) is 0 Å². The highest BCUT2D eigenvalue weighted by Gasteiger charge is 2.42. The Bertz CT molecular complexity index is 616. The number of Topliss-reactive ketones (excluding diaryl/α,β-unsaturated/α-hetero) is 1. The molecule has 0 fully saturated rings. The average molecular weight is 338 g/mol. The Hall–Kier alpha value is -1.99. The van der Waals surface area contributed by atoms with Crippen LogP contribution in [-0.4, -0.2) is 52.9 Å². The van der Waals surface area contributed by atoms with Crippen LogP contribution in [0, 0.1) is 5.92 Å². The summed E-state index contributed by atoms with van der Waals surface area (Å²) in [7, 11) is 0. The van der Waals surface area contributed by atoms with Crippen LogP contribution in [0.25, 0.3) is 0 Å².